The zero-order valence-corrected chi connectivity index (χ0v) is 18.4. The molecule has 0 saturated heterocycles. The molecule has 154 valence electrons. The summed E-state index contributed by atoms with van der Waals surface area (Å²) in [5.41, 5.74) is 2.04. The predicted octanol–water partition coefficient (Wildman–Crippen LogP) is 5.40. The lowest BCUT2D eigenvalue weighted by Crippen LogP contribution is -2.31. The molecule has 6 heteroatoms. The highest BCUT2D eigenvalue weighted by Gasteiger charge is 2.12. The molecular formula is C22H30Cl2N2O2. The van der Waals surface area contributed by atoms with E-state index in [1.165, 1.54) is 0 Å². The Labute approximate surface area is 178 Å². The van der Waals surface area contributed by atoms with Crippen LogP contribution < -0.4 is 14.8 Å². The third kappa shape index (κ3) is 7.17. The molecule has 0 aliphatic carbocycles. The summed E-state index contributed by atoms with van der Waals surface area (Å²) >= 11 is 12.4. The van der Waals surface area contributed by atoms with Crippen molar-refractivity contribution in [1.29, 1.82) is 0 Å². The maximum Gasteiger partial charge on any atom is 0.163 e. The van der Waals surface area contributed by atoms with E-state index in [9.17, 15) is 0 Å². The van der Waals surface area contributed by atoms with Crippen LogP contribution >= 0.6 is 23.2 Å². The Balaban J connectivity index is 2.00. The molecule has 28 heavy (non-hydrogen) atoms. The van der Waals surface area contributed by atoms with E-state index in [0.717, 1.165) is 37.3 Å². The van der Waals surface area contributed by atoms with E-state index in [-0.39, 0.29) is 0 Å². The molecule has 2 rings (SSSR count). The molecule has 0 fully saturated rings. The molecule has 0 aliphatic heterocycles. The molecule has 0 radical (unpaired) electrons. The molecule has 0 atom stereocenters. The standard InChI is InChI=1S/C22H30Cl2N2O2/c1-4-26(5-2)12-11-25-15-18-13-21(27-6-3)22(14-20(18)24)28-16-17-7-9-19(23)10-8-17/h7-10,13-14,25H,4-6,11-12,15-16H2,1-3H3. The van der Waals surface area contributed by atoms with E-state index in [1.54, 1.807) is 0 Å². The fourth-order valence-corrected chi connectivity index (χ4v) is 3.18. The summed E-state index contributed by atoms with van der Waals surface area (Å²) in [6.07, 6.45) is 0. The van der Waals surface area contributed by atoms with Gasteiger partial charge in [-0.05, 0) is 49.3 Å². The third-order valence-electron chi connectivity index (χ3n) is 4.53. The number of benzene rings is 2. The lowest BCUT2D eigenvalue weighted by Gasteiger charge is -2.19. The summed E-state index contributed by atoms with van der Waals surface area (Å²) < 4.78 is 11.7. The Morgan fingerprint density at radius 3 is 2.25 bits per heavy atom. The van der Waals surface area contributed by atoms with Gasteiger partial charge in [0.05, 0.1) is 6.61 Å². The van der Waals surface area contributed by atoms with Gasteiger partial charge in [-0.1, -0.05) is 49.2 Å². The first-order valence-electron chi connectivity index (χ1n) is 9.82. The van der Waals surface area contributed by atoms with E-state index in [1.807, 2.05) is 43.3 Å². The first-order chi connectivity index (χ1) is 13.6. The summed E-state index contributed by atoms with van der Waals surface area (Å²) in [6, 6.07) is 11.4. The number of halogens is 2. The van der Waals surface area contributed by atoms with Gasteiger partial charge >= 0.3 is 0 Å². The van der Waals surface area contributed by atoms with Crippen molar-refractivity contribution in [2.75, 3.05) is 32.8 Å². The fraction of sp³-hybridized carbons (Fsp3) is 0.455. The van der Waals surface area contributed by atoms with Gasteiger partial charge in [-0.15, -0.1) is 0 Å². The maximum absolute atomic E-state index is 6.50. The second kappa shape index (κ2) is 12.2. The summed E-state index contributed by atoms with van der Waals surface area (Å²) in [5.74, 6) is 1.36. The Morgan fingerprint density at radius 1 is 0.929 bits per heavy atom. The van der Waals surface area contributed by atoms with Gasteiger partial charge in [0.1, 0.15) is 6.61 Å². The number of nitrogens with zero attached hydrogens (tertiary/aromatic N) is 1. The Hall–Kier alpha value is -1.46. The van der Waals surface area contributed by atoms with Gasteiger partial charge < -0.3 is 19.7 Å². The van der Waals surface area contributed by atoms with Crippen LogP contribution in [0.25, 0.3) is 0 Å². The van der Waals surface area contributed by atoms with E-state index >= 15 is 0 Å². The van der Waals surface area contributed by atoms with Crippen molar-refractivity contribution in [3.8, 4) is 11.5 Å². The van der Waals surface area contributed by atoms with Gasteiger partial charge in [0, 0.05) is 35.7 Å². The van der Waals surface area contributed by atoms with Crippen LogP contribution in [-0.4, -0.2) is 37.7 Å². The van der Waals surface area contributed by atoms with Gasteiger partial charge in [-0.3, -0.25) is 0 Å². The van der Waals surface area contributed by atoms with Crippen LogP contribution in [0.1, 0.15) is 31.9 Å². The molecule has 2 aromatic rings. The minimum atomic E-state index is 0.426. The fourth-order valence-electron chi connectivity index (χ4n) is 2.84. The minimum Gasteiger partial charge on any atom is -0.490 e. The summed E-state index contributed by atoms with van der Waals surface area (Å²) in [4.78, 5) is 2.38. The summed E-state index contributed by atoms with van der Waals surface area (Å²) in [7, 11) is 0. The van der Waals surface area contributed by atoms with Gasteiger partial charge in [-0.2, -0.15) is 0 Å². The van der Waals surface area contributed by atoms with Gasteiger partial charge in [0.15, 0.2) is 11.5 Å². The molecule has 1 N–H and O–H groups in total. The van der Waals surface area contributed by atoms with Crippen molar-refractivity contribution < 1.29 is 9.47 Å². The van der Waals surface area contributed by atoms with E-state index in [4.69, 9.17) is 32.7 Å². The number of hydrogen-bond acceptors (Lipinski definition) is 4. The molecule has 0 saturated carbocycles. The quantitative estimate of drug-likeness (QED) is 0.462. The highest BCUT2D eigenvalue weighted by molar-refractivity contribution is 6.31. The largest absolute Gasteiger partial charge is 0.490 e. The van der Waals surface area contributed by atoms with Crippen LogP contribution in [0.15, 0.2) is 36.4 Å². The van der Waals surface area contributed by atoms with Crippen LogP contribution in [0.3, 0.4) is 0 Å². The van der Waals surface area contributed by atoms with Crippen LogP contribution in [-0.2, 0) is 13.2 Å². The molecule has 0 heterocycles. The monoisotopic (exact) mass is 424 g/mol. The van der Waals surface area contributed by atoms with Crippen molar-refractivity contribution in [2.24, 2.45) is 0 Å². The lowest BCUT2D eigenvalue weighted by atomic mass is 10.2. The van der Waals surface area contributed by atoms with E-state index in [0.29, 0.717) is 41.3 Å². The van der Waals surface area contributed by atoms with Crippen LogP contribution in [0.2, 0.25) is 10.0 Å². The smallest absolute Gasteiger partial charge is 0.163 e. The average Bonchev–Trinajstić information content (AvgIpc) is 2.70. The molecular weight excluding hydrogens is 395 g/mol. The molecule has 0 unspecified atom stereocenters. The van der Waals surface area contributed by atoms with E-state index < -0.39 is 0 Å². The topological polar surface area (TPSA) is 33.7 Å². The van der Waals surface area contributed by atoms with Crippen LogP contribution in [0, 0.1) is 0 Å². The molecule has 0 spiro atoms. The average molecular weight is 425 g/mol. The maximum atomic E-state index is 6.50. The summed E-state index contributed by atoms with van der Waals surface area (Å²) in [6.45, 7) is 12.1. The highest BCUT2D eigenvalue weighted by Crippen LogP contribution is 2.34. The molecule has 0 bridgehead atoms. The second-order valence-corrected chi connectivity index (χ2v) is 7.29. The lowest BCUT2D eigenvalue weighted by molar-refractivity contribution is 0.269. The molecule has 0 amide bonds. The van der Waals surface area contributed by atoms with Gasteiger partial charge in [0.25, 0.3) is 0 Å². The first-order valence-corrected chi connectivity index (χ1v) is 10.6. The Bertz CT molecular complexity index is 719. The Morgan fingerprint density at radius 2 is 1.61 bits per heavy atom. The second-order valence-electron chi connectivity index (χ2n) is 6.44. The van der Waals surface area contributed by atoms with Crippen molar-refractivity contribution in [2.45, 2.75) is 33.9 Å². The van der Waals surface area contributed by atoms with Crippen LogP contribution in [0.4, 0.5) is 0 Å². The zero-order valence-electron chi connectivity index (χ0n) is 16.9. The van der Waals surface area contributed by atoms with Crippen molar-refractivity contribution in [1.82, 2.24) is 10.2 Å². The number of likely N-dealkylation sites (N-methyl/N-ethyl adjacent to an activating group) is 1. The van der Waals surface area contributed by atoms with Gasteiger partial charge in [0.2, 0.25) is 0 Å². The first kappa shape index (κ1) is 22.8. The van der Waals surface area contributed by atoms with Crippen LogP contribution in [0.5, 0.6) is 11.5 Å². The molecule has 0 aromatic heterocycles. The number of ether oxygens (including phenoxy) is 2. The summed E-state index contributed by atoms with van der Waals surface area (Å²) in [5, 5.41) is 4.84. The minimum absolute atomic E-state index is 0.426. The normalized spacial score (nSPS) is 11.1. The molecule has 2 aromatic carbocycles. The zero-order chi connectivity index (χ0) is 20.4. The third-order valence-corrected chi connectivity index (χ3v) is 5.14. The molecule has 4 nitrogen and oxygen atoms in total. The number of rotatable bonds is 12. The Kier molecular flexibility index (Phi) is 9.93. The van der Waals surface area contributed by atoms with Crippen molar-refractivity contribution >= 4 is 23.2 Å². The predicted molar refractivity (Wildman–Crippen MR) is 118 cm³/mol. The molecule has 0 aliphatic rings. The van der Waals surface area contributed by atoms with E-state index in [2.05, 4.69) is 24.1 Å². The number of nitrogens with one attached hydrogen (secondary N) is 1. The van der Waals surface area contributed by atoms with Gasteiger partial charge in [-0.25, -0.2) is 0 Å². The van der Waals surface area contributed by atoms with Crippen molar-refractivity contribution in [3.63, 3.8) is 0 Å². The van der Waals surface area contributed by atoms with Crippen molar-refractivity contribution in [3.05, 3.63) is 57.6 Å². The highest BCUT2D eigenvalue weighted by atomic mass is 35.5. The number of hydrogen-bond donors (Lipinski definition) is 1. The SMILES string of the molecule is CCOc1cc(CNCCN(CC)CC)c(Cl)cc1OCc1ccc(Cl)cc1.